The summed E-state index contributed by atoms with van der Waals surface area (Å²) in [5.41, 5.74) is 1.10. The van der Waals surface area contributed by atoms with Crippen molar-refractivity contribution >= 4 is 11.9 Å². The summed E-state index contributed by atoms with van der Waals surface area (Å²) < 4.78 is 5.25. The molecule has 1 saturated carbocycles. The van der Waals surface area contributed by atoms with E-state index in [2.05, 4.69) is 5.32 Å². The van der Waals surface area contributed by atoms with Crippen LogP contribution in [0, 0.1) is 5.92 Å². The van der Waals surface area contributed by atoms with Gasteiger partial charge in [0.25, 0.3) is 0 Å². The fourth-order valence-electron chi connectivity index (χ4n) is 3.09. The minimum Gasteiger partial charge on any atom is -0.496 e. The fourth-order valence-corrected chi connectivity index (χ4v) is 3.09. The number of carboxylic acids is 1. The van der Waals surface area contributed by atoms with E-state index in [-0.39, 0.29) is 17.4 Å². The van der Waals surface area contributed by atoms with Gasteiger partial charge in [0.15, 0.2) is 0 Å². The third-order valence-electron chi connectivity index (χ3n) is 4.45. The van der Waals surface area contributed by atoms with Crippen LogP contribution in [0.3, 0.4) is 0 Å². The third kappa shape index (κ3) is 4.98. The van der Waals surface area contributed by atoms with Crippen LogP contribution in [-0.4, -0.2) is 30.6 Å². The fraction of sp³-hybridized carbons (Fsp3) is 0.556. The van der Waals surface area contributed by atoms with E-state index in [0.717, 1.165) is 31.2 Å². The van der Waals surface area contributed by atoms with Crippen molar-refractivity contribution in [1.29, 1.82) is 0 Å². The Kier molecular flexibility index (Phi) is 6.44. The summed E-state index contributed by atoms with van der Waals surface area (Å²) in [7, 11) is 1.52. The Bertz CT molecular complexity index is 548. The molecular formula is C18H25NO4. The molecule has 1 amide bonds. The number of carbonyl (C=O) groups is 2. The van der Waals surface area contributed by atoms with Crippen LogP contribution in [0.5, 0.6) is 5.75 Å². The SMILES string of the molecule is COc1cc(C(=O)O)ccc1CCNC(=O)C1CCCCCC1. The molecule has 0 spiro atoms. The molecule has 1 aromatic carbocycles. The summed E-state index contributed by atoms with van der Waals surface area (Å²) in [6.07, 6.45) is 7.35. The Morgan fingerprint density at radius 3 is 2.52 bits per heavy atom. The van der Waals surface area contributed by atoms with Crippen molar-refractivity contribution in [3.8, 4) is 5.75 Å². The lowest BCUT2D eigenvalue weighted by molar-refractivity contribution is -0.125. The van der Waals surface area contributed by atoms with Gasteiger partial charge in [0.2, 0.25) is 5.91 Å². The van der Waals surface area contributed by atoms with Gasteiger partial charge in [-0.2, -0.15) is 0 Å². The monoisotopic (exact) mass is 319 g/mol. The van der Waals surface area contributed by atoms with E-state index >= 15 is 0 Å². The zero-order chi connectivity index (χ0) is 16.7. The molecule has 5 heteroatoms. The molecule has 0 aliphatic heterocycles. The Hall–Kier alpha value is -2.04. The molecule has 0 atom stereocenters. The van der Waals surface area contributed by atoms with Crippen LogP contribution in [0.1, 0.15) is 54.4 Å². The highest BCUT2D eigenvalue weighted by Gasteiger charge is 2.19. The van der Waals surface area contributed by atoms with Gasteiger partial charge in [-0.3, -0.25) is 4.79 Å². The van der Waals surface area contributed by atoms with Crippen LogP contribution >= 0.6 is 0 Å². The number of hydrogen-bond donors (Lipinski definition) is 2. The van der Waals surface area contributed by atoms with E-state index in [1.54, 1.807) is 12.1 Å². The van der Waals surface area contributed by atoms with Gasteiger partial charge in [-0.1, -0.05) is 31.7 Å². The number of methoxy groups -OCH3 is 1. The van der Waals surface area contributed by atoms with Gasteiger partial charge in [-0.25, -0.2) is 4.79 Å². The van der Waals surface area contributed by atoms with Gasteiger partial charge in [0, 0.05) is 12.5 Å². The van der Waals surface area contributed by atoms with Crippen molar-refractivity contribution < 1.29 is 19.4 Å². The second-order valence-corrected chi connectivity index (χ2v) is 6.06. The summed E-state index contributed by atoms with van der Waals surface area (Å²) in [6, 6.07) is 4.83. The molecule has 0 unspecified atom stereocenters. The van der Waals surface area contributed by atoms with E-state index in [4.69, 9.17) is 9.84 Å². The van der Waals surface area contributed by atoms with Crippen molar-refractivity contribution in [2.45, 2.75) is 44.9 Å². The first-order valence-corrected chi connectivity index (χ1v) is 8.29. The number of hydrogen-bond acceptors (Lipinski definition) is 3. The number of benzene rings is 1. The largest absolute Gasteiger partial charge is 0.496 e. The predicted octanol–water partition coefficient (Wildman–Crippen LogP) is 3.02. The van der Waals surface area contributed by atoms with Crippen molar-refractivity contribution in [3.63, 3.8) is 0 Å². The van der Waals surface area contributed by atoms with E-state index in [0.29, 0.717) is 18.7 Å². The molecule has 5 nitrogen and oxygen atoms in total. The molecule has 0 aromatic heterocycles. The molecule has 23 heavy (non-hydrogen) atoms. The Labute approximate surface area is 137 Å². The van der Waals surface area contributed by atoms with Gasteiger partial charge in [-0.15, -0.1) is 0 Å². The molecule has 0 bridgehead atoms. The first kappa shape index (κ1) is 17.3. The number of rotatable bonds is 6. The maximum atomic E-state index is 12.2. The highest BCUT2D eigenvalue weighted by atomic mass is 16.5. The van der Waals surface area contributed by atoms with E-state index in [1.807, 2.05) is 0 Å². The first-order chi connectivity index (χ1) is 11.1. The van der Waals surface area contributed by atoms with Crippen LogP contribution in [-0.2, 0) is 11.2 Å². The smallest absolute Gasteiger partial charge is 0.335 e. The summed E-state index contributed by atoms with van der Waals surface area (Å²) in [5.74, 6) is -0.132. The molecule has 1 aliphatic carbocycles. The highest BCUT2D eigenvalue weighted by Crippen LogP contribution is 2.23. The standard InChI is InChI=1S/C18H25NO4/c1-23-16-12-15(18(21)22)9-8-13(16)10-11-19-17(20)14-6-4-2-3-5-7-14/h8-9,12,14H,2-7,10-11H2,1H3,(H,19,20)(H,21,22). The van der Waals surface area contributed by atoms with Crippen LogP contribution < -0.4 is 10.1 Å². The lowest BCUT2D eigenvalue weighted by atomic mass is 9.99. The van der Waals surface area contributed by atoms with Gasteiger partial charge >= 0.3 is 5.97 Å². The molecule has 0 radical (unpaired) electrons. The van der Waals surface area contributed by atoms with E-state index in [1.165, 1.54) is 26.0 Å². The van der Waals surface area contributed by atoms with Crippen molar-refractivity contribution in [2.75, 3.05) is 13.7 Å². The molecule has 126 valence electrons. The Balaban J connectivity index is 1.87. The van der Waals surface area contributed by atoms with Gasteiger partial charge < -0.3 is 15.2 Å². The third-order valence-corrected chi connectivity index (χ3v) is 4.45. The molecule has 1 fully saturated rings. The second-order valence-electron chi connectivity index (χ2n) is 6.06. The Morgan fingerprint density at radius 1 is 1.22 bits per heavy atom. The first-order valence-electron chi connectivity index (χ1n) is 8.29. The minimum atomic E-state index is -0.975. The lowest BCUT2D eigenvalue weighted by Gasteiger charge is -2.15. The van der Waals surface area contributed by atoms with Crippen LogP contribution in [0.15, 0.2) is 18.2 Å². The molecule has 1 aliphatic rings. The number of nitrogens with one attached hydrogen (secondary N) is 1. The van der Waals surface area contributed by atoms with Crippen molar-refractivity contribution in [2.24, 2.45) is 5.92 Å². The molecular weight excluding hydrogens is 294 g/mol. The van der Waals surface area contributed by atoms with Crippen LogP contribution in [0.2, 0.25) is 0 Å². The number of aromatic carboxylic acids is 1. The predicted molar refractivity (Wildman–Crippen MR) is 87.9 cm³/mol. The number of ether oxygens (including phenoxy) is 1. The normalized spacial score (nSPS) is 15.7. The van der Waals surface area contributed by atoms with E-state index < -0.39 is 5.97 Å². The lowest BCUT2D eigenvalue weighted by Crippen LogP contribution is -2.32. The van der Waals surface area contributed by atoms with Crippen LogP contribution in [0.4, 0.5) is 0 Å². The second kappa shape index (κ2) is 8.56. The summed E-state index contributed by atoms with van der Waals surface area (Å²) in [5, 5.41) is 12.0. The summed E-state index contributed by atoms with van der Waals surface area (Å²) in [6.45, 7) is 0.540. The maximum absolute atomic E-state index is 12.2. The molecule has 1 aromatic rings. The molecule has 2 N–H and O–H groups in total. The number of carbonyl (C=O) groups excluding carboxylic acids is 1. The van der Waals surface area contributed by atoms with Crippen molar-refractivity contribution in [1.82, 2.24) is 5.32 Å². The van der Waals surface area contributed by atoms with Gasteiger partial charge in [-0.05, 0) is 37.0 Å². The zero-order valence-corrected chi connectivity index (χ0v) is 13.6. The van der Waals surface area contributed by atoms with E-state index in [9.17, 15) is 9.59 Å². The topological polar surface area (TPSA) is 75.6 Å². The average Bonchev–Trinajstić information content (AvgIpc) is 2.84. The molecule has 0 saturated heterocycles. The summed E-state index contributed by atoms with van der Waals surface area (Å²) >= 11 is 0. The maximum Gasteiger partial charge on any atom is 0.335 e. The Morgan fingerprint density at radius 2 is 1.91 bits per heavy atom. The highest BCUT2D eigenvalue weighted by molar-refractivity contribution is 5.88. The quantitative estimate of drug-likeness (QED) is 0.790. The number of amides is 1. The van der Waals surface area contributed by atoms with Crippen molar-refractivity contribution in [3.05, 3.63) is 29.3 Å². The minimum absolute atomic E-state index is 0.146. The summed E-state index contributed by atoms with van der Waals surface area (Å²) in [4.78, 5) is 23.2. The molecule has 2 rings (SSSR count). The number of carboxylic acid groups (broad SMARTS) is 1. The van der Waals surface area contributed by atoms with Crippen LogP contribution in [0.25, 0.3) is 0 Å². The average molecular weight is 319 g/mol. The zero-order valence-electron chi connectivity index (χ0n) is 13.6. The molecule has 0 heterocycles. The van der Waals surface area contributed by atoms with Gasteiger partial charge in [0.1, 0.15) is 5.75 Å². The van der Waals surface area contributed by atoms with Gasteiger partial charge in [0.05, 0.1) is 12.7 Å².